The van der Waals surface area contributed by atoms with Crippen LogP contribution in [0.4, 0.5) is 0 Å². The fourth-order valence-corrected chi connectivity index (χ4v) is 10.9. The highest BCUT2D eigenvalue weighted by Crippen LogP contribution is 2.18. The average Bonchev–Trinajstić information content (AvgIpc) is 3.45. The van der Waals surface area contributed by atoms with Crippen molar-refractivity contribution in [2.45, 2.75) is 392 Å². The summed E-state index contributed by atoms with van der Waals surface area (Å²) in [5, 5.41) is 23.1. The van der Waals surface area contributed by atoms with Crippen molar-refractivity contribution >= 4 is 11.9 Å². The van der Waals surface area contributed by atoms with Gasteiger partial charge in [0.05, 0.1) is 25.4 Å². The van der Waals surface area contributed by atoms with Crippen LogP contribution in [0.1, 0.15) is 380 Å². The summed E-state index contributed by atoms with van der Waals surface area (Å²) in [6.45, 7) is 4.91. The molecule has 0 aromatic carbocycles. The van der Waals surface area contributed by atoms with E-state index in [9.17, 15) is 19.8 Å². The lowest BCUT2D eigenvalue weighted by molar-refractivity contribution is -0.143. The third kappa shape index (κ3) is 64.8. The van der Waals surface area contributed by atoms with Crippen molar-refractivity contribution in [3.8, 4) is 0 Å². The summed E-state index contributed by atoms with van der Waals surface area (Å²) in [5.74, 6) is -0.0568. The molecule has 0 fully saturated rings. The molecule has 1 amide bonds. The van der Waals surface area contributed by atoms with Crippen molar-refractivity contribution in [2.75, 3.05) is 13.2 Å². The van der Waals surface area contributed by atoms with Gasteiger partial charge >= 0.3 is 5.97 Å². The Morgan fingerprint density at radius 3 is 0.975 bits per heavy atom. The van der Waals surface area contributed by atoms with Gasteiger partial charge in [-0.15, -0.1) is 0 Å². The zero-order chi connectivity index (χ0) is 57.1. The van der Waals surface area contributed by atoms with Gasteiger partial charge in [0.15, 0.2) is 0 Å². The van der Waals surface area contributed by atoms with Gasteiger partial charge in [0.1, 0.15) is 0 Å². The number of unbranched alkanes of at least 4 members (excludes halogenated alkanes) is 49. The van der Waals surface area contributed by atoms with Crippen molar-refractivity contribution in [2.24, 2.45) is 0 Å². The van der Waals surface area contributed by atoms with E-state index in [-0.39, 0.29) is 18.5 Å². The molecule has 6 heteroatoms. The Morgan fingerprint density at radius 2 is 0.633 bits per heavy atom. The second kappa shape index (κ2) is 68.3. The van der Waals surface area contributed by atoms with Gasteiger partial charge in [-0.05, 0) is 89.9 Å². The molecule has 79 heavy (non-hydrogen) atoms. The predicted molar refractivity (Wildman–Crippen MR) is 347 cm³/mol. The normalized spacial score (nSPS) is 12.8. The smallest absolute Gasteiger partial charge is 0.305 e. The van der Waals surface area contributed by atoms with Crippen LogP contribution in [0.5, 0.6) is 0 Å². The SMILES string of the molecule is CCCCCCC/C=C\CCCCCCCC(=O)OCCCCCCCCCCCCC/C=C\C/C=C\CCCCCCCCCCCCCCCCCCCC(=O)NC(CO)C(O)/C=C/CCCCCCCCCCCCC. The van der Waals surface area contributed by atoms with Crippen molar-refractivity contribution in [1.29, 1.82) is 0 Å². The third-order valence-electron chi connectivity index (χ3n) is 16.3. The van der Waals surface area contributed by atoms with Crippen LogP contribution in [-0.2, 0) is 14.3 Å². The summed E-state index contributed by atoms with van der Waals surface area (Å²) in [5.41, 5.74) is 0. The van der Waals surface area contributed by atoms with Crippen molar-refractivity contribution in [3.05, 3.63) is 48.6 Å². The predicted octanol–water partition coefficient (Wildman–Crippen LogP) is 22.9. The molecule has 464 valence electrons. The fourth-order valence-electron chi connectivity index (χ4n) is 10.9. The summed E-state index contributed by atoms with van der Waals surface area (Å²) >= 11 is 0. The first-order valence-corrected chi connectivity index (χ1v) is 35.4. The van der Waals surface area contributed by atoms with E-state index in [1.165, 1.54) is 302 Å². The molecule has 0 saturated heterocycles. The number of hydrogen-bond acceptors (Lipinski definition) is 5. The molecule has 0 aliphatic rings. The summed E-state index contributed by atoms with van der Waals surface area (Å²) in [4.78, 5) is 24.5. The highest BCUT2D eigenvalue weighted by atomic mass is 16.5. The minimum atomic E-state index is -0.842. The van der Waals surface area contributed by atoms with Gasteiger partial charge < -0.3 is 20.3 Å². The van der Waals surface area contributed by atoms with Gasteiger partial charge in [0.2, 0.25) is 5.91 Å². The van der Waals surface area contributed by atoms with Gasteiger partial charge in [0.25, 0.3) is 0 Å². The zero-order valence-electron chi connectivity index (χ0n) is 53.1. The number of hydrogen-bond donors (Lipinski definition) is 3. The monoisotopic (exact) mass is 1110 g/mol. The first-order chi connectivity index (χ1) is 39.0. The zero-order valence-corrected chi connectivity index (χ0v) is 53.1. The first-order valence-electron chi connectivity index (χ1n) is 35.4. The number of ether oxygens (including phenoxy) is 1. The molecule has 3 N–H and O–H groups in total. The second-order valence-electron chi connectivity index (χ2n) is 24.2. The second-order valence-corrected chi connectivity index (χ2v) is 24.2. The maximum atomic E-state index is 12.5. The Balaban J connectivity index is 3.38. The van der Waals surface area contributed by atoms with Crippen molar-refractivity contribution in [3.63, 3.8) is 0 Å². The third-order valence-corrected chi connectivity index (χ3v) is 16.3. The van der Waals surface area contributed by atoms with Crippen LogP contribution >= 0.6 is 0 Å². The lowest BCUT2D eigenvalue weighted by Gasteiger charge is -2.20. The van der Waals surface area contributed by atoms with E-state index in [4.69, 9.17) is 4.74 Å². The van der Waals surface area contributed by atoms with Crippen LogP contribution in [0.25, 0.3) is 0 Å². The molecule has 2 atom stereocenters. The topological polar surface area (TPSA) is 95.9 Å². The molecular formula is C73H137NO5. The van der Waals surface area contributed by atoms with Crippen molar-refractivity contribution < 1.29 is 24.5 Å². The number of aliphatic hydroxyl groups is 2. The first kappa shape index (κ1) is 76.8. The van der Waals surface area contributed by atoms with E-state index < -0.39 is 12.1 Å². The van der Waals surface area contributed by atoms with Crippen LogP contribution in [0.2, 0.25) is 0 Å². The molecule has 0 aromatic heterocycles. The molecule has 0 saturated carbocycles. The van der Waals surface area contributed by atoms with Crippen LogP contribution < -0.4 is 5.32 Å². The van der Waals surface area contributed by atoms with E-state index in [1.54, 1.807) is 6.08 Å². The summed E-state index contributed by atoms with van der Waals surface area (Å²) in [6, 6.07) is -0.626. The fraction of sp³-hybridized carbons (Fsp3) is 0.863. The number of esters is 1. The number of nitrogens with one attached hydrogen (secondary N) is 1. The van der Waals surface area contributed by atoms with E-state index in [0.717, 1.165) is 51.4 Å². The number of allylic oxidation sites excluding steroid dienone is 7. The van der Waals surface area contributed by atoms with Crippen LogP contribution in [0, 0.1) is 0 Å². The number of carbonyl (C=O) groups excluding carboxylic acids is 2. The molecule has 0 rings (SSSR count). The van der Waals surface area contributed by atoms with Crippen LogP contribution in [0.15, 0.2) is 48.6 Å². The van der Waals surface area contributed by atoms with Gasteiger partial charge in [-0.1, -0.05) is 326 Å². The molecule has 6 nitrogen and oxygen atoms in total. The highest BCUT2D eigenvalue weighted by Gasteiger charge is 2.18. The summed E-state index contributed by atoms with van der Waals surface area (Å²) in [6.07, 6.45) is 89.2. The number of carbonyl (C=O) groups is 2. The quantitative estimate of drug-likeness (QED) is 0.0320. The Morgan fingerprint density at radius 1 is 0.354 bits per heavy atom. The Hall–Kier alpha value is -2.18. The molecule has 0 bridgehead atoms. The number of rotatable bonds is 66. The standard InChI is InChI=1S/C73H137NO5/c1-3-5-7-9-11-13-15-17-43-47-51-55-59-63-67-73(78)79-68-64-60-56-52-48-44-40-38-36-34-32-30-28-26-24-22-20-18-19-21-23-25-27-29-31-33-35-37-39-42-46-50-54-58-62-66-72(77)74-70(69-75)71(76)65-61-57-53-49-45-41-16-14-12-10-8-6-4-2/h15,17,20,22,26,28,61,65,70-71,75-76H,3-14,16,18-19,21,23-25,27,29-60,62-64,66-69H2,1-2H3,(H,74,77)/b17-15-,22-20-,28-26-,65-61+. The molecule has 0 spiro atoms. The lowest BCUT2D eigenvalue weighted by Crippen LogP contribution is -2.45. The maximum Gasteiger partial charge on any atom is 0.305 e. The molecule has 0 aliphatic carbocycles. The summed E-state index contributed by atoms with van der Waals surface area (Å²) in [7, 11) is 0. The molecular weight excluding hydrogens is 971 g/mol. The number of aliphatic hydroxyl groups excluding tert-OH is 2. The Kier molecular flexibility index (Phi) is 66.4. The minimum absolute atomic E-state index is 0.00799. The van der Waals surface area contributed by atoms with Gasteiger partial charge in [0, 0.05) is 12.8 Å². The maximum absolute atomic E-state index is 12.5. The minimum Gasteiger partial charge on any atom is -0.466 e. The van der Waals surface area contributed by atoms with E-state index in [2.05, 4.69) is 55.6 Å². The van der Waals surface area contributed by atoms with E-state index >= 15 is 0 Å². The van der Waals surface area contributed by atoms with Crippen LogP contribution in [0.3, 0.4) is 0 Å². The molecule has 0 heterocycles. The van der Waals surface area contributed by atoms with E-state index in [1.807, 2.05) is 6.08 Å². The van der Waals surface area contributed by atoms with Gasteiger partial charge in [-0.2, -0.15) is 0 Å². The average molecular weight is 1110 g/mol. The molecule has 0 aromatic rings. The van der Waals surface area contributed by atoms with Gasteiger partial charge in [-0.3, -0.25) is 9.59 Å². The Labute approximate surface area is 493 Å². The number of amides is 1. The Bertz CT molecular complexity index is 1320. The van der Waals surface area contributed by atoms with Gasteiger partial charge in [-0.25, -0.2) is 0 Å². The molecule has 0 aliphatic heterocycles. The highest BCUT2D eigenvalue weighted by molar-refractivity contribution is 5.76. The van der Waals surface area contributed by atoms with E-state index in [0.29, 0.717) is 19.4 Å². The lowest BCUT2D eigenvalue weighted by atomic mass is 10.0. The van der Waals surface area contributed by atoms with Crippen molar-refractivity contribution in [1.82, 2.24) is 5.32 Å². The molecule has 2 unspecified atom stereocenters. The summed E-state index contributed by atoms with van der Waals surface area (Å²) < 4.78 is 5.48. The largest absolute Gasteiger partial charge is 0.466 e. The van der Waals surface area contributed by atoms with Crippen LogP contribution in [-0.4, -0.2) is 47.4 Å². The molecule has 0 radical (unpaired) electrons.